The Labute approximate surface area is 67.1 Å². The van der Waals surface area contributed by atoms with Gasteiger partial charge in [-0.2, -0.15) is 5.48 Å². The van der Waals surface area contributed by atoms with Gasteiger partial charge in [-0.25, -0.2) is 0 Å². The molecule has 0 aliphatic carbocycles. The van der Waals surface area contributed by atoms with E-state index >= 15 is 0 Å². The zero-order chi connectivity index (χ0) is 7.94. The molecule has 11 heavy (non-hydrogen) atoms. The lowest BCUT2D eigenvalue weighted by Crippen LogP contribution is -2.11. The van der Waals surface area contributed by atoms with Gasteiger partial charge in [-0.3, -0.25) is 4.84 Å². The van der Waals surface area contributed by atoms with Crippen molar-refractivity contribution < 1.29 is 4.84 Å². The standard InChI is InChI=1S/C9H12NO/c1-2-11-10-8-9-6-4-3-5-7-9/h2-7,10H,8H2,1H3. The van der Waals surface area contributed by atoms with E-state index in [9.17, 15) is 0 Å². The van der Waals surface area contributed by atoms with Crippen molar-refractivity contribution in [3.8, 4) is 0 Å². The van der Waals surface area contributed by atoms with E-state index in [2.05, 4.69) is 5.48 Å². The smallest absolute Gasteiger partial charge is 0.104 e. The second-order valence-electron chi connectivity index (χ2n) is 2.16. The molecule has 0 unspecified atom stereocenters. The monoisotopic (exact) mass is 150 g/mol. The maximum atomic E-state index is 4.86. The first-order chi connectivity index (χ1) is 5.43. The fourth-order valence-electron chi connectivity index (χ4n) is 0.804. The Hall–Kier alpha value is -0.860. The second-order valence-corrected chi connectivity index (χ2v) is 2.16. The molecule has 2 heteroatoms. The van der Waals surface area contributed by atoms with Crippen molar-refractivity contribution in [3.05, 3.63) is 42.5 Å². The Morgan fingerprint density at radius 3 is 2.73 bits per heavy atom. The van der Waals surface area contributed by atoms with Crippen molar-refractivity contribution >= 4 is 0 Å². The van der Waals surface area contributed by atoms with Gasteiger partial charge in [-0.15, -0.1) is 0 Å². The highest BCUT2D eigenvalue weighted by atomic mass is 16.6. The molecule has 0 aromatic heterocycles. The summed E-state index contributed by atoms with van der Waals surface area (Å²) < 4.78 is 0. The highest BCUT2D eigenvalue weighted by Gasteiger charge is 1.87. The minimum absolute atomic E-state index is 0.741. The molecular formula is C9H12NO. The Morgan fingerprint density at radius 1 is 1.36 bits per heavy atom. The molecule has 1 radical (unpaired) electrons. The summed E-state index contributed by atoms with van der Waals surface area (Å²) in [5.41, 5.74) is 4.01. The molecule has 2 nitrogen and oxygen atoms in total. The van der Waals surface area contributed by atoms with Gasteiger partial charge in [0.25, 0.3) is 0 Å². The van der Waals surface area contributed by atoms with Crippen molar-refractivity contribution in [1.82, 2.24) is 5.48 Å². The van der Waals surface area contributed by atoms with E-state index in [1.807, 2.05) is 37.3 Å². The largest absolute Gasteiger partial charge is 0.296 e. The predicted molar refractivity (Wildman–Crippen MR) is 44.3 cm³/mol. The van der Waals surface area contributed by atoms with E-state index in [-0.39, 0.29) is 0 Å². The average molecular weight is 150 g/mol. The van der Waals surface area contributed by atoms with E-state index in [0.717, 1.165) is 6.54 Å². The maximum absolute atomic E-state index is 4.86. The molecule has 0 saturated heterocycles. The Bertz CT molecular complexity index is 186. The fourth-order valence-corrected chi connectivity index (χ4v) is 0.804. The fraction of sp³-hybridized carbons (Fsp3) is 0.222. The van der Waals surface area contributed by atoms with Gasteiger partial charge >= 0.3 is 0 Å². The van der Waals surface area contributed by atoms with Gasteiger partial charge < -0.3 is 0 Å². The summed E-state index contributed by atoms with van der Waals surface area (Å²) >= 11 is 0. The predicted octanol–water partition coefficient (Wildman–Crippen LogP) is 1.89. The van der Waals surface area contributed by atoms with Crippen LogP contribution in [0.1, 0.15) is 12.5 Å². The minimum atomic E-state index is 0.741. The molecular weight excluding hydrogens is 138 g/mol. The first-order valence-corrected chi connectivity index (χ1v) is 3.63. The maximum Gasteiger partial charge on any atom is 0.104 e. The number of nitrogens with one attached hydrogen (secondary N) is 1. The molecule has 0 heterocycles. The minimum Gasteiger partial charge on any atom is -0.296 e. The van der Waals surface area contributed by atoms with Crippen LogP contribution >= 0.6 is 0 Å². The van der Waals surface area contributed by atoms with Crippen molar-refractivity contribution in [2.75, 3.05) is 0 Å². The van der Waals surface area contributed by atoms with Gasteiger partial charge in [0, 0.05) is 6.54 Å². The summed E-state index contributed by atoms with van der Waals surface area (Å²) in [6, 6.07) is 10.1. The Kier molecular flexibility index (Phi) is 3.65. The first kappa shape index (κ1) is 8.24. The van der Waals surface area contributed by atoms with Crippen LogP contribution in [0, 0.1) is 6.61 Å². The molecule has 0 fully saturated rings. The lowest BCUT2D eigenvalue weighted by atomic mass is 10.2. The second kappa shape index (κ2) is 4.88. The highest BCUT2D eigenvalue weighted by Crippen LogP contribution is 1.96. The molecule has 1 aromatic carbocycles. The van der Waals surface area contributed by atoms with Gasteiger partial charge in [0.15, 0.2) is 0 Å². The van der Waals surface area contributed by atoms with Crippen LogP contribution in [0.2, 0.25) is 0 Å². The average Bonchev–Trinajstić information content (AvgIpc) is 2.07. The molecule has 1 aromatic rings. The lowest BCUT2D eigenvalue weighted by Gasteiger charge is -2.01. The van der Waals surface area contributed by atoms with Crippen LogP contribution in [0.25, 0.3) is 0 Å². The van der Waals surface area contributed by atoms with Gasteiger partial charge in [-0.05, 0) is 12.5 Å². The topological polar surface area (TPSA) is 21.3 Å². The molecule has 0 spiro atoms. The van der Waals surface area contributed by atoms with E-state index in [1.165, 1.54) is 5.56 Å². The van der Waals surface area contributed by atoms with Gasteiger partial charge in [0.05, 0.1) is 0 Å². The Morgan fingerprint density at radius 2 is 2.09 bits per heavy atom. The number of hydroxylamine groups is 1. The molecule has 1 N–H and O–H groups in total. The lowest BCUT2D eigenvalue weighted by molar-refractivity contribution is 0.0931. The van der Waals surface area contributed by atoms with Crippen LogP contribution in [-0.4, -0.2) is 0 Å². The van der Waals surface area contributed by atoms with Crippen LogP contribution in [0.3, 0.4) is 0 Å². The molecule has 0 saturated carbocycles. The number of rotatable bonds is 4. The first-order valence-electron chi connectivity index (χ1n) is 3.63. The van der Waals surface area contributed by atoms with E-state index in [0.29, 0.717) is 0 Å². The van der Waals surface area contributed by atoms with Crippen LogP contribution in [0.4, 0.5) is 0 Å². The summed E-state index contributed by atoms with van der Waals surface area (Å²) in [5.74, 6) is 0. The third-order valence-electron chi connectivity index (χ3n) is 1.32. The van der Waals surface area contributed by atoms with Crippen LogP contribution in [0.15, 0.2) is 30.3 Å². The van der Waals surface area contributed by atoms with Gasteiger partial charge in [0.2, 0.25) is 0 Å². The summed E-state index contributed by atoms with van der Waals surface area (Å²) in [4.78, 5) is 4.86. The summed E-state index contributed by atoms with van der Waals surface area (Å²) in [5, 5.41) is 0. The summed E-state index contributed by atoms with van der Waals surface area (Å²) in [6.45, 7) is 4.19. The third kappa shape index (κ3) is 3.16. The normalized spacial score (nSPS) is 9.91. The molecule has 1 rings (SSSR count). The third-order valence-corrected chi connectivity index (χ3v) is 1.32. The van der Waals surface area contributed by atoms with Crippen molar-refractivity contribution in [1.29, 1.82) is 0 Å². The molecule has 0 bridgehead atoms. The SMILES string of the molecule is C[CH]ONCc1ccccc1. The summed E-state index contributed by atoms with van der Waals surface area (Å²) in [6.07, 6.45) is 0. The number of hydrogen-bond donors (Lipinski definition) is 1. The van der Waals surface area contributed by atoms with Crippen LogP contribution in [0.5, 0.6) is 0 Å². The molecule has 0 atom stereocenters. The van der Waals surface area contributed by atoms with E-state index < -0.39 is 0 Å². The highest BCUT2D eigenvalue weighted by molar-refractivity contribution is 5.13. The van der Waals surface area contributed by atoms with E-state index in [1.54, 1.807) is 6.61 Å². The zero-order valence-electron chi connectivity index (χ0n) is 6.58. The van der Waals surface area contributed by atoms with Crippen molar-refractivity contribution in [3.63, 3.8) is 0 Å². The number of hydrogen-bond acceptors (Lipinski definition) is 2. The molecule has 0 amide bonds. The molecule has 59 valence electrons. The quantitative estimate of drug-likeness (QED) is 0.522. The summed E-state index contributed by atoms with van der Waals surface area (Å²) in [7, 11) is 0. The van der Waals surface area contributed by atoms with Crippen LogP contribution in [-0.2, 0) is 11.4 Å². The van der Waals surface area contributed by atoms with Gasteiger partial charge in [-0.1, -0.05) is 30.3 Å². The van der Waals surface area contributed by atoms with E-state index in [4.69, 9.17) is 4.84 Å². The zero-order valence-corrected chi connectivity index (χ0v) is 6.58. The van der Waals surface area contributed by atoms with Gasteiger partial charge in [0.1, 0.15) is 6.61 Å². The van der Waals surface area contributed by atoms with Crippen molar-refractivity contribution in [2.45, 2.75) is 13.5 Å². The molecule has 0 aliphatic heterocycles. The number of benzene rings is 1. The Balaban J connectivity index is 2.28. The van der Waals surface area contributed by atoms with Crippen molar-refractivity contribution in [2.24, 2.45) is 0 Å². The van der Waals surface area contributed by atoms with Crippen LogP contribution < -0.4 is 5.48 Å². The molecule has 0 aliphatic rings.